The van der Waals surface area contributed by atoms with Gasteiger partial charge in [-0.3, -0.25) is 4.79 Å². The molecule has 0 spiro atoms. The van der Waals surface area contributed by atoms with Crippen LogP contribution in [0.1, 0.15) is 34.8 Å². The van der Waals surface area contributed by atoms with Crippen LogP contribution in [0.15, 0.2) is 53.6 Å². The maximum atomic E-state index is 12.0. The molecular weight excluding hydrogens is 284 g/mol. The molecule has 0 aliphatic rings. The van der Waals surface area contributed by atoms with Crippen LogP contribution in [-0.4, -0.2) is 11.6 Å². The summed E-state index contributed by atoms with van der Waals surface area (Å²) in [6, 6.07) is 14.8. The SMILES string of the molecule is CCC(=NNC(=O)c1cccc(Cl)c1)c1ccc(C)cc1. The average molecular weight is 301 g/mol. The van der Waals surface area contributed by atoms with Gasteiger partial charge in [-0.25, -0.2) is 5.43 Å². The zero-order valence-corrected chi connectivity index (χ0v) is 12.8. The molecular formula is C17H17ClN2O. The van der Waals surface area contributed by atoms with E-state index in [1.54, 1.807) is 24.3 Å². The number of halogens is 1. The molecule has 0 heterocycles. The molecule has 0 unspecified atom stereocenters. The van der Waals surface area contributed by atoms with Crippen LogP contribution < -0.4 is 5.43 Å². The summed E-state index contributed by atoms with van der Waals surface area (Å²) >= 11 is 5.87. The second-order valence-electron chi connectivity index (χ2n) is 4.73. The fourth-order valence-corrected chi connectivity index (χ4v) is 2.10. The predicted octanol–water partition coefficient (Wildman–Crippen LogP) is 4.19. The highest BCUT2D eigenvalue weighted by Crippen LogP contribution is 2.11. The fourth-order valence-electron chi connectivity index (χ4n) is 1.91. The highest BCUT2D eigenvalue weighted by atomic mass is 35.5. The molecule has 2 aromatic rings. The third kappa shape index (κ3) is 4.17. The van der Waals surface area contributed by atoms with Gasteiger partial charge in [-0.2, -0.15) is 5.10 Å². The molecule has 4 heteroatoms. The monoisotopic (exact) mass is 300 g/mol. The smallest absolute Gasteiger partial charge is 0.267 e. The summed E-state index contributed by atoms with van der Waals surface area (Å²) in [5, 5.41) is 4.75. The lowest BCUT2D eigenvalue weighted by Crippen LogP contribution is -2.20. The second-order valence-corrected chi connectivity index (χ2v) is 5.17. The van der Waals surface area contributed by atoms with Crippen LogP contribution in [0, 0.1) is 6.92 Å². The molecule has 108 valence electrons. The summed E-state index contributed by atoms with van der Waals surface area (Å²) < 4.78 is 0. The first-order valence-corrected chi connectivity index (χ1v) is 7.17. The van der Waals surface area contributed by atoms with Gasteiger partial charge in [0.2, 0.25) is 0 Å². The third-order valence-corrected chi connectivity index (χ3v) is 3.33. The van der Waals surface area contributed by atoms with E-state index in [1.807, 2.05) is 38.1 Å². The van der Waals surface area contributed by atoms with Crippen molar-refractivity contribution in [1.82, 2.24) is 5.43 Å². The standard InChI is InChI=1S/C17H17ClN2O/c1-3-16(13-9-7-12(2)8-10-13)19-20-17(21)14-5-4-6-15(18)11-14/h4-11H,3H2,1-2H3,(H,20,21). The first-order valence-electron chi connectivity index (χ1n) is 6.79. The Balaban J connectivity index is 2.14. The molecule has 0 fully saturated rings. The molecule has 1 amide bonds. The highest BCUT2D eigenvalue weighted by molar-refractivity contribution is 6.30. The summed E-state index contributed by atoms with van der Waals surface area (Å²) in [5.41, 5.74) is 6.11. The minimum absolute atomic E-state index is 0.268. The van der Waals surface area contributed by atoms with Crippen molar-refractivity contribution in [3.63, 3.8) is 0 Å². The first-order chi connectivity index (χ1) is 10.1. The maximum absolute atomic E-state index is 12.0. The number of nitrogens with zero attached hydrogens (tertiary/aromatic N) is 1. The zero-order chi connectivity index (χ0) is 15.2. The van der Waals surface area contributed by atoms with Crippen molar-refractivity contribution in [3.8, 4) is 0 Å². The average Bonchev–Trinajstić information content (AvgIpc) is 2.49. The number of carbonyl (C=O) groups is 1. The van der Waals surface area contributed by atoms with Crippen LogP contribution in [0.4, 0.5) is 0 Å². The molecule has 21 heavy (non-hydrogen) atoms. The number of benzene rings is 2. The van der Waals surface area contributed by atoms with Gasteiger partial charge in [-0.1, -0.05) is 54.4 Å². The van der Waals surface area contributed by atoms with E-state index in [2.05, 4.69) is 10.5 Å². The molecule has 0 aromatic heterocycles. The fraction of sp³-hybridized carbons (Fsp3) is 0.176. The van der Waals surface area contributed by atoms with Crippen molar-refractivity contribution in [3.05, 3.63) is 70.2 Å². The van der Waals surface area contributed by atoms with Gasteiger partial charge in [0, 0.05) is 10.6 Å². The number of carbonyl (C=O) groups excluding carboxylic acids is 1. The Morgan fingerprint density at radius 1 is 1.14 bits per heavy atom. The van der Waals surface area contributed by atoms with E-state index in [-0.39, 0.29) is 5.91 Å². The van der Waals surface area contributed by atoms with Gasteiger partial charge < -0.3 is 0 Å². The van der Waals surface area contributed by atoms with E-state index < -0.39 is 0 Å². The van der Waals surface area contributed by atoms with Crippen LogP contribution in [0.3, 0.4) is 0 Å². The number of nitrogens with one attached hydrogen (secondary N) is 1. The Bertz CT molecular complexity index is 663. The van der Waals surface area contributed by atoms with Gasteiger partial charge in [0.1, 0.15) is 0 Å². The highest BCUT2D eigenvalue weighted by Gasteiger charge is 2.06. The molecule has 0 bridgehead atoms. The summed E-state index contributed by atoms with van der Waals surface area (Å²) in [6.07, 6.45) is 0.735. The largest absolute Gasteiger partial charge is 0.271 e. The number of rotatable bonds is 4. The molecule has 0 saturated carbocycles. The maximum Gasteiger partial charge on any atom is 0.271 e. The molecule has 0 radical (unpaired) electrons. The van der Waals surface area contributed by atoms with Gasteiger partial charge in [-0.15, -0.1) is 0 Å². The van der Waals surface area contributed by atoms with Crippen LogP contribution in [0.25, 0.3) is 0 Å². The Labute approximate surface area is 129 Å². The van der Waals surface area contributed by atoms with E-state index in [0.29, 0.717) is 10.6 Å². The van der Waals surface area contributed by atoms with E-state index in [0.717, 1.165) is 17.7 Å². The lowest BCUT2D eigenvalue weighted by atomic mass is 10.1. The number of hydrogen-bond donors (Lipinski definition) is 1. The lowest BCUT2D eigenvalue weighted by molar-refractivity contribution is 0.0955. The van der Waals surface area contributed by atoms with Crippen molar-refractivity contribution >= 4 is 23.2 Å². The lowest BCUT2D eigenvalue weighted by Gasteiger charge is -2.06. The van der Waals surface area contributed by atoms with Crippen molar-refractivity contribution in [2.45, 2.75) is 20.3 Å². The Hall–Kier alpha value is -2.13. The quantitative estimate of drug-likeness (QED) is 0.667. The van der Waals surface area contributed by atoms with E-state index >= 15 is 0 Å². The van der Waals surface area contributed by atoms with E-state index in [1.165, 1.54) is 5.56 Å². The second kappa shape index (κ2) is 7.04. The molecule has 2 rings (SSSR count). The number of aryl methyl sites for hydroxylation is 1. The van der Waals surface area contributed by atoms with Crippen molar-refractivity contribution in [2.24, 2.45) is 5.10 Å². The van der Waals surface area contributed by atoms with Gasteiger partial charge >= 0.3 is 0 Å². The Kier molecular flexibility index (Phi) is 5.12. The van der Waals surface area contributed by atoms with E-state index in [4.69, 9.17) is 11.6 Å². The summed E-state index contributed by atoms with van der Waals surface area (Å²) in [7, 11) is 0. The molecule has 0 atom stereocenters. The minimum Gasteiger partial charge on any atom is -0.267 e. The molecule has 1 N–H and O–H groups in total. The van der Waals surface area contributed by atoms with Crippen LogP contribution in [0.5, 0.6) is 0 Å². The van der Waals surface area contributed by atoms with Crippen molar-refractivity contribution in [1.29, 1.82) is 0 Å². The number of hydrogen-bond acceptors (Lipinski definition) is 2. The van der Waals surface area contributed by atoms with Gasteiger partial charge in [0.25, 0.3) is 5.91 Å². The van der Waals surface area contributed by atoms with E-state index in [9.17, 15) is 4.79 Å². The molecule has 0 saturated heterocycles. The topological polar surface area (TPSA) is 41.5 Å². The summed E-state index contributed by atoms with van der Waals surface area (Å²) in [4.78, 5) is 12.0. The Morgan fingerprint density at radius 2 is 1.86 bits per heavy atom. The predicted molar refractivity (Wildman–Crippen MR) is 86.9 cm³/mol. The molecule has 3 nitrogen and oxygen atoms in total. The Morgan fingerprint density at radius 3 is 2.48 bits per heavy atom. The molecule has 2 aromatic carbocycles. The first kappa shape index (κ1) is 15.3. The van der Waals surface area contributed by atoms with Crippen molar-refractivity contribution in [2.75, 3.05) is 0 Å². The van der Waals surface area contributed by atoms with Crippen LogP contribution in [-0.2, 0) is 0 Å². The summed E-state index contributed by atoms with van der Waals surface area (Å²) in [5.74, 6) is -0.268. The van der Waals surface area contributed by atoms with Gasteiger partial charge in [0.05, 0.1) is 5.71 Å². The molecule has 0 aliphatic heterocycles. The van der Waals surface area contributed by atoms with Crippen molar-refractivity contribution < 1.29 is 4.79 Å². The zero-order valence-electron chi connectivity index (χ0n) is 12.1. The van der Waals surface area contributed by atoms with Gasteiger partial charge in [0.15, 0.2) is 0 Å². The van der Waals surface area contributed by atoms with Crippen LogP contribution in [0.2, 0.25) is 5.02 Å². The normalized spacial score (nSPS) is 11.3. The minimum atomic E-state index is -0.268. The molecule has 0 aliphatic carbocycles. The van der Waals surface area contributed by atoms with Gasteiger partial charge in [-0.05, 0) is 37.1 Å². The summed E-state index contributed by atoms with van der Waals surface area (Å²) in [6.45, 7) is 4.04. The number of amides is 1. The third-order valence-electron chi connectivity index (χ3n) is 3.10. The van der Waals surface area contributed by atoms with Crippen LogP contribution >= 0.6 is 11.6 Å². The number of hydrazone groups is 1.